The summed E-state index contributed by atoms with van der Waals surface area (Å²) in [5.41, 5.74) is 0. The van der Waals surface area contributed by atoms with Gasteiger partial charge in [-0.2, -0.15) is 5.26 Å². The summed E-state index contributed by atoms with van der Waals surface area (Å²) in [7, 11) is 0. The molecule has 0 aromatic rings. The molecule has 1 fully saturated rings. The Kier molecular flexibility index (Phi) is 5.95. The molecule has 0 spiro atoms. The lowest BCUT2D eigenvalue weighted by molar-refractivity contribution is -0.197. The summed E-state index contributed by atoms with van der Waals surface area (Å²) >= 11 is 0. The van der Waals surface area contributed by atoms with Gasteiger partial charge in [-0.3, -0.25) is 24.1 Å². The first-order valence-electron chi connectivity index (χ1n) is 6.31. The molecule has 0 aromatic heterocycles. The zero-order chi connectivity index (χ0) is 16.7. The van der Waals surface area contributed by atoms with Crippen molar-refractivity contribution in [3.63, 3.8) is 0 Å². The highest BCUT2D eigenvalue weighted by Crippen LogP contribution is 2.13. The van der Waals surface area contributed by atoms with E-state index in [1.807, 2.05) is 0 Å². The van der Waals surface area contributed by atoms with Crippen LogP contribution in [-0.2, 0) is 28.8 Å². The predicted molar refractivity (Wildman–Crippen MR) is 68.9 cm³/mol. The van der Waals surface area contributed by atoms with E-state index in [0.717, 1.165) is 17.1 Å². The average molecular weight is 307 g/mol. The number of hydrogen-bond acceptors (Lipinski definition) is 7. The summed E-state index contributed by atoms with van der Waals surface area (Å²) in [4.78, 5) is 61.6. The van der Waals surface area contributed by atoms with Crippen LogP contribution >= 0.6 is 0 Å². The van der Waals surface area contributed by atoms with Gasteiger partial charge in [0.25, 0.3) is 23.6 Å². The molecule has 22 heavy (non-hydrogen) atoms. The Labute approximate surface area is 125 Å². The molecule has 0 N–H and O–H groups in total. The van der Waals surface area contributed by atoms with Crippen LogP contribution in [0.2, 0.25) is 0 Å². The third-order valence-electron chi connectivity index (χ3n) is 2.64. The van der Waals surface area contributed by atoms with E-state index in [9.17, 15) is 24.0 Å². The summed E-state index contributed by atoms with van der Waals surface area (Å²) < 4.78 is 0. The minimum Gasteiger partial charge on any atom is -0.330 e. The first-order chi connectivity index (χ1) is 10.4. The Bertz CT molecular complexity index is 555. The van der Waals surface area contributed by atoms with Crippen molar-refractivity contribution in [2.45, 2.75) is 26.2 Å². The summed E-state index contributed by atoms with van der Waals surface area (Å²) in [6.07, 6.45) is 1.94. The first kappa shape index (κ1) is 17.0. The fourth-order valence-electron chi connectivity index (χ4n) is 1.66. The van der Waals surface area contributed by atoms with E-state index in [2.05, 4.69) is 4.84 Å². The monoisotopic (exact) mass is 307 g/mol. The molecule has 2 aliphatic rings. The maximum Gasteiger partial charge on any atom is 0.335 e. The second-order valence-corrected chi connectivity index (χ2v) is 4.18. The number of carbonyl (C=O) groups excluding carboxylic acids is 5. The highest BCUT2D eigenvalue weighted by molar-refractivity contribution is 6.13. The smallest absolute Gasteiger partial charge is 0.330 e. The second-order valence-electron chi connectivity index (χ2n) is 4.18. The molecule has 0 atom stereocenters. The van der Waals surface area contributed by atoms with Crippen LogP contribution in [0.25, 0.3) is 0 Å². The van der Waals surface area contributed by atoms with E-state index in [0.29, 0.717) is 5.06 Å². The average Bonchev–Trinajstić information content (AvgIpc) is 2.94. The van der Waals surface area contributed by atoms with E-state index in [-0.39, 0.29) is 25.8 Å². The summed E-state index contributed by atoms with van der Waals surface area (Å²) in [6, 6.07) is 1.75. The third-order valence-corrected chi connectivity index (χ3v) is 2.64. The Morgan fingerprint density at radius 2 is 1.64 bits per heavy atom. The molecule has 0 aromatic carbocycles. The highest BCUT2D eigenvalue weighted by Gasteiger charge is 2.33. The fraction of sp³-hybridized carbons (Fsp3) is 0.385. The lowest BCUT2D eigenvalue weighted by Crippen LogP contribution is -2.35. The van der Waals surface area contributed by atoms with Gasteiger partial charge >= 0.3 is 5.97 Å². The van der Waals surface area contributed by atoms with Crippen LogP contribution in [0, 0.1) is 11.3 Å². The van der Waals surface area contributed by atoms with Crippen molar-refractivity contribution in [3.8, 4) is 6.07 Å². The van der Waals surface area contributed by atoms with E-state index < -0.39 is 29.6 Å². The van der Waals surface area contributed by atoms with Gasteiger partial charge in [-0.1, -0.05) is 0 Å². The molecule has 0 saturated carbocycles. The number of nitriles is 1. The topological polar surface area (TPSA) is 125 Å². The summed E-state index contributed by atoms with van der Waals surface area (Å²) in [6.45, 7) is 1.28. The van der Waals surface area contributed by atoms with Crippen molar-refractivity contribution < 1.29 is 28.8 Å². The van der Waals surface area contributed by atoms with Gasteiger partial charge in [-0.15, -0.1) is 5.06 Å². The largest absolute Gasteiger partial charge is 0.335 e. The van der Waals surface area contributed by atoms with Crippen molar-refractivity contribution in [3.05, 3.63) is 12.2 Å². The van der Waals surface area contributed by atoms with Crippen LogP contribution in [0.3, 0.4) is 0 Å². The van der Waals surface area contributed by atoms with Crippen molar-refractivity contribution in [1.82, 2.24) is 9.96 Å². The molecule has 0 aliphatic carbocycles. The van der Waals surface area contributed by atoms with Crippen LogP contribution in [0.5, 0.6) is 0 Å². The molecule has 0 bridgehead atoms. The maximum absolute atomic E-state index is 11.4. The van der Waals surface area contributed by atoms with Crippen molar-refractivity contribution >= 4 is 29.6 Å². The molecular weight excluding hydrogens is 294 g/mol. The van der Waals surface area contributed by atoms with Gasteiger partial charge in [0.1, 0.15) is 0 Å². The van der Waals surface area contributed by atoms with Crippen molar-refractivity contribution in [2.24, 2.45) is 0 Å². The third kappa shape index (κ3) is 4.24. The van der Waals surface area contributed by atoms with E-state index in [4.69, 9.17) is 5.26 Å². The lowest BCUT2D eigenvalue weighted by atomic mass is 10.4. The quantitative estimate of drug-likeness (QED) is 0.637. The SMILES string of the molecule is CC#N.O=C(CCN1C(=O)C=CC1=O)ON1C(=O)CCC1=O. The molecule has 0 unspecified atom stereocenters. The van der Waals surface area contributed by atoms with Crippen molar-refractivity contribution in [1.29, 1.82) is 5.26 Å². The van der Waals surface area contributed by atoms with Crippen LogP contribution in [0.4, 0.5) is 0 Å². The molecule has 2 aliphatic heterocycles. The Hall–Kier alpha value is -3.02. The highest BCUT2D eigenvalue weighted by atomic mass is 16.7. The van der Waals surface area contributed by atoms with Gasteiger partial charge in [-0.05, 0) is 0 Å². The zero-order valence-electron chi connectivity index (χ0n) is 11.8. The van der Waals surface area contributed by atoms with Crippen LogP contribution in [0.1, 0.15) is 26.2 Å². The molecular formula is C13H13N3O6. The van der Waals surface area contributed by atoms with Gasteiger partial charge in [-0.25, -0.2) is 4.79 Å². The number of rotatable bonds is 4. The number of hydroxylamine groups is 2. The van der Waals surface area contributed by atoms with Gasteiger partial charge in [0.2, 0.25) is 0 Å². The number of imide groups is 2. The molecule has 1 saturated heterocycles. The summed E-state index contributed by atoms with van der Waals surface area (Å²) in [5, 5.41) is 7.74. The minimum absolute atomic E-state index is 0.0130. The minimum atomic E-state index is -0.851. The van der Waals surface area contributed by atoms with Gasteiger partial charge < -0.3 is 4.84 Å². The van der Waals surface area contributed by atoms with Gasteiger partial charge in [0.15, 0.2) is 0 Å². The lowest BCUT2D eigenvalue weighted by Gasteiger charge is -2.15. The number of amides is 4. The standard InChI is InChI=1S/C11H10N2O6.C2H3N/c14-7-1-2-8(15)12(7)6-5-11(18)19-13-9(16)3-4-10(13)17;1-2-3/h1-2H,3-6H2;1H3. The molecule has 9 heteroatoms. The molecule has 116 valence electrons. The molecule has 2 heterocycles. The van der Waals surface area contributed by atoms with Crippen LogP contribution in [0.15, 0.2) is 12.2 Å². The molecule has 9 nitrogen and oxygen atoms in total. The summed E-state index contributed by atoms with van der Waals surface area (Å²) in [5.74, 6) is -3.02. The molecule has 2 rings (SSSR count). The predicted octanol–water partition coefficient (Wildman–Crippen LogP) is -0.561. The van der Waals surface area contributed by atoms with Gasteiger partial charge in [0, 0.05) is 38.5 Å². The van der Waals surface area contributed by atoms with E-state index >= 15 is 0 Å². The maximum atomic E-state index is 11.4. The normalized spacial score (nSPS) is 16.5. The zero-order valence-corrected chi connectivity index (χ0v) is 11.8. The van der Waals surface area contributed by atoms with Crippen molar-refractivity contribution in [2.75, 3.05) is 6.54 Å². The Morgan fingerprint density at radius 3 is 2.09 bits per heavy atom. The Balaban J connectivity index is 0.000000745. The van der Waals surface area contributed by atoms with Crippen LogP contribution in [-0.4, -0.2) is 46.1 Å². The van der Waals surface area contributed by atoms with Crippen LogP contribution < -0.4 is 0 Å². The number of nitrogens with zero attached hydrogens (tertiary/aromatic N) is 3. The number of carbonyl (C=O) groups is 5. The molecule has 0 radical (unpaired) electrons. The fourth-order valence-corrected chi connectivity index (χ4v) is 1.66. The van der Waals surface area contributed by atoms with E-state index in [1.165, 1.54) is 6.92 Å². The second kappa shape index (κ2) is 7.68. The number of hydrogen-bond donors (Lipinski definition) is 0. The van der Waals surface area contributed by atoms with E-state index in [1.54, 1.807) is 6.07 Å². The first-order valence-corrected chi connectivity index (χ1v) is 6.31. The molecule has 4 amide bonds. The van der Waals surface area contributed by atoms with Gasteiger partial charge in [0.05, 0.1) is 12.5 Å². The Morgan fingerprint density at radius 1 is 1.18 bits per heavy atom.